The van der Waals surface area contributed by atoms with Crippen molar-refractivity contribution in [2.24, 2.45) is 0 Å². The highest BCUT2D eigenvalue weighted by atomic mass is 35.5. The van der Waals surface area contributed by atoms with Crippen molar-refractivity contribution in [3.8, 4) is 0 Å². The van der Waals surface area contributed by atoms with Crippen LogP contribution in [0.1, 0.15) is 17.6 Å². The van der Waals surface area contributed by atoms with Crippen molar-refractivity contribution in [1.29, 1.82) is 0 Å². The van der Waals surface area contributed by atoms with E-state index in [4.69, 9.17) is 11.6 Å². The average Bonchev–Trinajstić information content (AvgIpc) is 2.30. The van der Waals surface area contributed by atoms with Gasteiger partial charge in [0.15, 0.2) is 0 Å². The average molecular weight is 281 g/mol. The maximum Gasteiger partial charge on any atom is 0.373 e. The van der Waals surface area contributed by atoms with Crippen LogP contribution < -0.4 is 0 Å². The van der Waals surface area contributed by atoms with Crippen molar-refractivity contribution >= 4 is 23.4 Å². The summed E-state index contributed by atoms with van der Waals surface area (Å²) in [5.74, 6) is -1.74. The molecule has 1 aromatic rings. The second-order valence-corrected chi connectivity index (χ2v) is 3.52. The topological polar surface area (TPSA) is 82.3 Å². The van der Waals surface area contributed by atoms with E-state index >= 15 is 0 Å². The Morgan fingerprint density at radius 2 is 2.28 bits per heavy atom. The van der Waals surface area contributed by atoms with E-state index in [1.807, 2.05) is 0 Å². The number of rotatable bonds is 4. The van der Waals surface area contributed by atoms with Crippen molar-refractivity contribution in [1.82, 2.24) is 4.98 Å². The molecule has 0 unspecified atom stereocenters. The SMILES string of the molecule is COC(=O)Cc1cnc([N+](=O)[O-])c(C(F)F)c1Cl. The lowest BCUT2D eigenvalue weighted by atomic mass is 10.1. The molecule has 0 aliphatic rings. The molecule has 0 bridgehead atoms. The van der Waals surface area contributed by atoms with Gasteiger partial charge in [0, 0.05) is 5.56 Å². The molecule has 98 valence electrons. The number of alkyl halides is 2. The predicted molar refractivity (Wildman–Crippen MR) is 56.6 cm³/mol. The Bertz CT molecular complexity index is 496. The zero-order valence-electron chi connectivity index (χ0n) is 9.02. The molecule has 0 atom stereocenters. The number of hydrogen-bond donors (Lipinski definition) is 0. The first kappa shape index (κ1) is 14.2. The standard InChI is InChI=1S/C9H7ClF2N2O4/c1-18-5(15)2-4-3-13-9(14(16)17)6(7(4)10)8(11)12/h3,8H,2H2,1H3. The van der Waals surface area contributed by atoms with E-state index in [-0.39, 0.29) is 12.0 Å². The van der Waals surface area contributed by atoms with Gasteiger partial charge in [-0.2, -0.15) is 0 Å². The Morgan fingerprint density at radius 1 is 1.67 bits per heavy atom. The van der Waals surface area contributed by atoms with E-state index in [9.17, 15) is 23.7 Å². The number of hydrogen-bond acceptors (Lipinski definition) is 5. The third-order valence-electron chi connectivity index (χ3n) is 2.06. The van der Waals surface area contributed by atoms with E-state index in [1.54, 1.807) is 0 Å². The molecule has 0 aliphatic heterocycles. The lowest BCUT2D eigenvalue weighted by Gasteiger charge is -2.07. The number of carbonyl (C=O) groups is 1. The van der Waals surface area contributed by atoms with Gasteiger partial charge in [-0.05, 0) is 9.91 Å². The number of pyridine rings is 1. The highest BCUT2D eigenvalue weighted by Gasteiger charge is 2.29. The molecule has 1 rings (SSSR count). The molecule has 0 saturated heterocycles. The number of carbonyl (C=O) groups excluding carboxylic acids is 1. The van der Waals surface area contributed by atoms with Gasteiger partial charge in [0.1, 0.15) is 11.8 Å². The van der Waals surface area contributed by atoms with Crippen LogP contribution in [0.25, 0.3) is 0 Å². The third kappa shape index (κ3) is 2.89. The molecule has 0 aromatic carbocycles. The van der Waals surface area contributed by atoms with Gasteiger partial charge in [0.05, 0.1) is 18.6 Å². The first-order valence-electron chi connectivity index (χ1n) is 4.55. The summed E-state index contributed by atoms with van der Waals surface area (Å²) < 4.78 is 29.7. The van der Waals surface area contributed by atoms with E-state index in [0.717, 1.165) is 13.3 Å². The molecular weight excluding hydrogens is 274 g/mol. The fraction of sp³-hybridized carbons (Fsp3) is 0.333. The van der Waals surface area contributed by atoms with Crippen LogP contribution in [0.15, 0.2) is 6.20 Å². The number of nitro groups is 1. The Balaban J connectivity index is 3.30. The molecule has 9 heteroatoms. The van der Waals surface area contributed by atoms with Gasteiger partial charge in [-0.3, -0.25) is 4.79 Å². The maximum atomic E-state index is 12.7. The third-order valence-corrected chi connectivity index (χ3v) is 2.50. The molecule has 0 spiro atoms. The summed E-state index contributed by atoms with van der Waals surface area (Å²) in [7, 11) is 1.11. The van der Waals surface area contributed by atoms with Gasteiger partial charge >= 0.3 is 11.8 Å². The van der Waals surface area contributed by atoms with Crippen molar-refractivity contribution < 1.29 is 23.2 Å². The molecule has 0 radical (unpaired) electrons. The fourth-order valence-electron chi connectivity index (χ4n) is 1.23. The van der Waals surface area contributed by atoms with Crippen molar-refractivity contribution in [3.63, 3.8) is 0 Å². The number of ether oxygens (including phenoxy) is 1. The normalized spacial score (nSPS) is 10.5. The number of esters is 1. The minimum absolute atomic E-state index is 0.0515. The molecule has 0 fully saturated rings. The smallest absolute Gasteiger partial charge is 0.373 e. The van der Waals surface area contributed by atoms with Crippen molar-refractivity contribution in [2.45, 2.75) is 12.8 Å². The van der Waals surface area contributed by atoms with E-state index in [2.05, 4.69) is 9.72 Å². The maximum absolute atomic E-state index is 12.7. The summed E-state index contributed by atoms with van der Waals surface area (Å²) in [6.07, 6.45) is -2.65. The van der Waals surface area contributed by atoms with Crippen LogP contribution in [0.3, 0.4) is 0 Å². The van der Waals surface area contributed by atoms with E-state index < -0.39 is 33.7 Å². The Kier molecular flexibility index (Phi) is 4.49. The van der Waals surface area contributed by atoms with Crippen LogP contribution in [0.5, 0.6) is 0 Å². The highest BCUT2D eigenvalue weighted by molar-refractivity contribution is 6.32. The summed E-state index contributed by atoms with van der Waals surface area (Å²) in [5, 5.41) is 9.98. The monoisotopic (exact) mass is 280 g/mol. The molecule has 18 heavy (non-hydrogen) atoms. The second kappa shape index (κ2) is 5.67. The Hall–Kier alpha value is -1.83. The van der Waals surface area contributed by atoms with E-state index in [1.165, 1.54) is 0 Å². The molecule has 0 aliphatic carbocycles. The molecule has 6 nitrogen and oxygen atoms in total. The zero-order chi connectivity index (χ0) is 13.9. The molecule has 1 aromatic heterocycles. The summed E-state index contributed by atoms with van der Waals surface area (Å²) in [6.45, 7) is 0. The molecular formula is C9H7ClF2N2O4. The lowest BCUT2D eigenvalue weighted by molar-refractivity contribution is -0.391. The number of nitrogens with zero attached hydrogens (tertiary/aromatic N) is 2. The van der Waals surface area contributed by atoms with Crippen LogP contribution >= 0.6 is 11.6 Å². The van der Waals surface area contributed by atoms with Crippen LogP contribution in [0, 0.1) is 10.1 Å². The van der Waals surface area contributed by atoms with Gasteiger partial charge in [-0.15, -0.1) is 0 Å². The molecule has 0 amide bonds. The largest absolute Gasteiger partial charge is 0.469 e. The van der Waals surface area contributed by atoms with Gasteiger partial charge in [0.2, 0.25) is 0 Å². The quantitative estimate of drug-likeness (QED) is 0.480. The second-order valence-electron chi connectivity index (χ2n) is 3.15. The summed E-state index contributed by atoms with van der Waals surface area (Å²) in [4.78, 5) is 23.7. The Labute approximate surface area is 105 Å². The van der Waals surface area contributed by atoms with Crippen molar-refractivity contribution in [3.05, 3.63) is 32.5 Å². The molecule has 0 saturated carbocycles. The van der Waals surface area contributed by atoms with Gasteiger partial charge in [0.25, 0.3) is 6.43 Å². The first-order valence-corrected chi connectivity index (χ1v) is 4.92. The molecule has 0 N–H and O–H groups in total. The number of halogens is 3. The van der Waals surface area contributed by atoms with Crippen LogP contribution in [0.2, 0.25) is 5.02 Å². The minimum atomic E-state index is -3.16. The highest BCUT2D eigenvalue weighted by Crippen LogP contribution is 2.35. The van der Waals surface area contributed by atoms with Crippen LogP contribution in [-0.4, -0.2) is 23.0 Å². The fourth-order valence-corrected chi connectivity index (χ4v) is 1.51. The minimum Gasteiger partial charge on any atom is -0.469 e. The van der Waals surface area contributed by atoms with Gasteiger partial charge in [-0.1, -0.05) is 11.6 Å². The zero-order valence-corrected chi connectivity index (χ0v) is 9.78. The molecule has 1 heterocycles. The number of methoxy groups -OCH3 is 1. The summed E-state index contributed by atoms with van der Waals surface area (Å²) >= 11 is 5.62. The van der Waals surface area contributed by atoms with Crippen LogP contribution in [-0.2, 0) is 16.0 Å². The van der Waals surface area contributed by atoms with Crippen molar-refractivity contribution in [2.75, 3.05) is 7.11 Å². The first-order chi connectivity index (χ1) is 8.38. The van der Waals surface area contributed by atoms with Crippen LogP contribution in [0.4, 0.5) is 14.6 Å². The van der Waals surface area contributed by atoms with Gasteiger partial charge in [-0.25, -0.2) is 8.78 Å². The van der Waals surface area contributed by atoms with Gasteiger partial charge < -0.3 is 14.9 Å². The van der Waals surface area contributed by atoms with E-state index in [0.29, 0.717) is 0 Å². The lowest BCUT2D eigenvalue weighted by Crippen LogP contribution is -2.08. The summed E-state index contributed by atoms with van der Waals surface area (Å²) in [5.41, 5.74) is -1.05. The summed E-state index contributed by atoms with van der Waals surface area (Å²) in [6, 6.07) is 0. The number of aromatic nitrogens is 1. The Morgan fingerprint density at radius 3 is 2.72 bits per heavy atom. The predicted octanol–water partition coefficient (Wildman–Crippen LogP) is 2.30.